The van der Waals surface area contributed by atoms with E-state index in [-0.39, 0.29) is 0 Å². The van der Waals surface area contributed by atoms with Crippen molar-refractivity contribution < 1.29 is 0 Å². The third-order valence-electron chi connectivity index (χ3n) is 3.30. The Morgan fingerprint density at radius 2 is 1.67 bits per heavy atom. The lowest BCUT2D eigenvalue weighted by Crippen LogP contribution is -2.29. The molecule has 0 fully saturated rings. The fourth-order valence-electron chi connectivity index (χ4n) is 2.32. The van der Waals surface area contributed by atoms with Gasteiger partial charge in [-0.2, -0.15) is 0 Å². The monoisotopic (exact) mass is 236 g/mol. The first kappa shape index (κ1) is 10.9. The number of nitrogens with two attached hydrogens (primary N) is 1. The minimum atomic E-state index is 0.845. The van der Waals surface area contributed by atoms with E-state index < -0.39 is 0 Å². The van der Waals surface area contributed by atoms with E-state index in [4.69, 9.17) is 5.73 Å². The lowest BCUT2D eigenvalue weighted by Gasteiger charge is -2.29. The molecule has 90 valence electrons. The molecule has 1 aliphatic heterocycles. The Bertz CT molecular complexity index is 573. The highest BCUT2D eigenvalue weighted by atomic mass is 15.2. The molecule has 0 spiro atoms. The zero-order valence-electron chi connectivity index (χ0n) is 10.2. The predicted molar refractivity (Wildman–Crippen MR) is 74.3 cm³/mol. The SMILES string of the molecule is NC1=Cc2ccccc2CN1Cc1ccccc1. The second kappa shape index (κ2) is 4.57. The van der Waals surface area contributed by atoms with Crippen LogP contribution in [0.1, 0.15) is 16.7 Å². The number of nitrogens with zero attached hydrogens (tertiary/aromatic N) is 1. The third-order valence-corrected chi connectivity index (χ3v) is 3.30. The van der Waals surface area contributed by atoms with Crippen LogP contribution in [0.5, 0.6) is 0 Å². The molecule has 0 atom stereocenters. The Labute approximate surface area is 107 Å². The molecular formula is C16H16N2. The van der Waals surface area contributed by atoms with Crippen molar-refractivity contribution in [2.45, 2.75) is 13.1 Å². The molecule has 2 aromatic rings. The van der Waals surface area contributed by atoms with Crippen molar-refractivity contribution in [3.8, 4) is 0 Å². The van der Waals surface area contributed by atoms with Crippen molar-refractivity contribution in [3.05, 3.63) is 77.1 Å². The zero-order valence-corrected chi connectivity index (χ0v) is 10.2. The molecule has 0 unspecified atom stereocenters. The molecule has 2 N–H and O–H groups in total. The standard InChI is InChI=1S/C16H16N2/c17-16-10-14-8-4-5-9-15(14)12-18(16)11-13-6-2-1-3-7-13/h1-10H,11-12,17H2. The topological polar surface area (TPSA) is 29.3 Å². The predicted octanol–water partition coefficient (Wildman–Crippen LogP) is 2.96. The molecule has 0 bridgehead atoms. The van der Waals surface area contributed by atoms with Crippen LogP contribution >= 0.6 is 0 Å². The Hall–Kier alpha value is -2.22. The highest BCUT2D eigenvalue weighted by Crippen LogP contribution is 2.23. The summed E-state index contributed by atoms with van der Waals surface area (Å²) in [7, 11) is 0. The maximum atomic E-state index is 6.13. The van der Waals surface area contributed by atoms with Gasteiger partial charge in [0, 0.05) is 13.1 Å². The summed E-state index contributed by atoms with van der Waals surface area (Å²) in [6.07, 6.45) is 2.06. The first-order valence-corrected chi connectivity index (χ1v) is 6.17. The van der Waals surface area contributed by atoms with Crippen molar-refractivity contribution in [1.29, 1.82) is 0 Å². The first-order chi connectivity index (χ1) is 8.83. The second-order valence-electron chi connectivity index (χ2n) is 4.61. The molecular weight excluding hydrogens is 220 g/mol. The summed E-state index contributed by atoms with van der Waals surface area (Å²) < 4.78 is 0. The molecule has 2 aromatic carbocycles. The minimum absolute atomic E-state index is 0.845. The Balaban J connectivity index is 1.85. The number of fused-ring (bicyclic) bond motifs is 1. The Morgan fingerprint density at radius 1 is 0.944 bits per heavy atom. The van der Waals surface area contributed by atoms with Crippen LogP contribution in [0.15, 0.2) is 60.4 Å². The van der Waals surface area contributed by atoms with Crippen LogP contribution < -0.4 is 5.73 Å². The Morgan fingerprint density at radius 3 is 2.50 bits per heavy atom. The quantitative estimate of drug-likeness (QED) is 0.868. The average Bonchev–Trinajstić information content (AvgIpc) is 2.41. The summed E-state index contributed by atoms with van der Waals surface area (Å²) in [4.78, 5) is 2.21. The van der Waals surface area contributed by atoms with E-state index in [2.05, 4.69) is 59.5 Å². The highest BCUT2D eigenvalue weighted by molar-refractivity contribution is 5.58. The molecule has 0 aliphatic carbocycles. The van der Waals surface area contributed by atoms with Gasteiger partial charge >= 0.3 is 0 Å². The van der Waals surface area contributed by atoms with Crippen molar-refractivity contribution in [3.63, 3.8) is 0 Å². The van der Waals surface area contributed by atoms with E-state index in [9.17, 15) is 0 Å². The lowest BCUT2D eigenvalue weighted by molar-refractivity contribution is 0.323. The van der Waals surface area contributed by atoms with Crippen molar-refractivity contribution in [2.75, 3.05) is 0 Å². The van der Waals surface area contributed by atoms with Crippen molar-refractivity contribution >= 4 is 6.08 Å². The number of rotatable bonds is 2. The van der Waals surface area contributed by atoms with E-state index in [1.807, 2.05) is 6.07 Å². The van der Waals surface area contributed by atoms with Gasteiger partial charge in [0.1, 0.15) is 0 Å². The molecule has 0 radical (unpaired) electrons. The summed E-state index contributed by atoms with van der Waals surface area (Å²) in [5.41, 5.74) is 9.99. The number of benzene rings is 2. The third kappa shape index (κ3) is 2.09. The fraction of sp³-hybridized carbons (Fsp3) is 0.125. The van der Waals surface area contributed by atoms with Gasteiger partial charge in [-0.1, -0.05) is 54.6 Å². The molecule has 2 nitrogen and oxygen atoms in total. The van der Waals surface area contributed by atoms with Gasteiger partial charge in [-0.3, -0.25) is 0 Å². The lowest BCUT2D eigenvalue weighted by atomic mass is 10.0. The summed E-state index contributed by atoms with van der Waals surface area (Å²) in [5, 5.41) is 0. The van der Waals surface area contributed by atoms with Gasteiger partial charge in [-0.25, -0.2) is 0 Å². The molecule has 1 heterocycles. The van der Waals surface area contributed by atoms with Gasteiger partial charge < -0.3 is 10.6 Å². The summed E-state index contributed by atoms with van der Waals surface area (Å²) >= 11 is 0. The van der Waals surface area contributed by atoms with Crippen LogP contribution in [0.4, 0.5) is 0 Å². The second-order valence-corrected chi connectivity index (χ2v) is 4.61. The van der Waals surface area contributed by atoms with Crippen LogP contribution in [0.3, 0.4) is 0 Å². The molecule has 0 saturated heterocycles. The van der Waals surface area contributed by atoms with Crippen molar-refractivity contribution in [1.82, 2.24) is 4.90 Å². The van der Waals surface area contributed by atoms with E-state index >= 15 is 0 Å². The van der Waals surface area contributed by atoms with Gasteiger partial charge in [0.05, 0.1) is 5.82 Å². The minimum Gasteiger partial charge on any atom is -0.385 e. The Kier molecular flexibility index (Phi) is 2.77. The highest BCUT2D eigenvalue weighted by Gasteiger charge is 2.15. The van der Waals surface area contributed by atoms with Crippen LogP contribution in [-0.2, 0) is 13.1 Å². The zero-order chi connectivity index (χ0) is 12.4. The van der Waals surface area contributed by atoms with E-state index in [0.717, 1.165) is 18.9 Å². The van der Waals surface area contributed by atoms with E-state index in [1.165, 1.54) is 16.7 Å². The molecule has 0 amide bonds. The van der Waals surface area contributed by atoms with Crippen LogP contribution in [0.2, 0.25) is 0 Å². The van der Waals surface area contributed by atoms with Crippen LogP contribution in [0, 0.1) is 0 Å². The van der Waals surface area contributed by atoms with Gasteiger partial charge in [-0.05, 0) is 22.8 Å². The smallest absolute Gasteiger partial charge is 0.0998 e. The van der Waals surface area contributed by atoms with Gasteiger partial charge in [0.2, 0.25) is 0 Å². The normalized spacial score (nSPS) is 14.0. The maximum absolute atomic E-state index is 6.13. The molecule has 3 rings (SSSR count). The first-order valence-electron chi connectivity index (χ1n) is 6.17. The van der Waals surface area contributed by atoms with Gasteiger partial charge in [0.25, 0.3) is 0 Å². The van der Waals surface area contributed by atoms with Gasteiger partial charge in [-0.15, -0.1) is 0 Å². The fourth-order valence-corrected chi connectivity index (χ4v) is 2.32. The van der Waals surface area contributed by atoms with E-state index in [1.54, 1.807) is 0 Å². The average molecular weight is 236 g/mol. The number of hydrogen-bond donors (Lipinski definition) is 1. The van der Waals surface area contributed by atoms with Crippen LogP contribution in [0.25, 0.3) is 6.08 Å². The van der Waals surface area contributed by atoms with Gasteiger partial charge in [0.15, 0.2) is 0 Å². The summed E-state index contributed by atoms with van der Waals surface area (Å²) in [5.74, 6) is 0.845. The molecule has 18 heavy (non-hydrogen) atoms. The summed E-state index contributed by atoms with van der Waals surface area (Å²) in [6, 6.07) is 18.8. The van der Waals surface area contributed by atoms with Crippen LogP contribution in [-0.4, -0.2) is 4.90 Å². The maximum Gasteiger partial charge on any atom is 0.0998 e. The van der Waals surface area contributed by atoms with Crippen molar-refractivity contribution in [2.24, 2.45) is 5.73 Å². The molecule has 0 saturated carbocycles. The number of hydrogen-bond acceptors (Lipinski definition) is 2. The summed E-state index contributed by atoms with van der Waals surface area (Å²) in [6.45, 7) is 1.74. The molecule has 2 heteroatoms. The van der Waals surface area contributed by atoms with E-state index in [0.29, 0.717) is 0 Å². The largest absolute Gasteiger partial charge is 0.385 e. The molecule has 0 aromatic heterocycles. The molecule has 1 aliphatic rings.